The number of benzene rings is 2. The Morgan fingerprint density at radius 2 is 1.53 bits per heavy atom. The molecule has 3 amide bonds. The molecule has 0 saturated carbocycles. The lowest BCUT2D eigenvalue weighted by Gasteiger charge is -2.09. The molecule has 4 rings (SSSR count). The van der Waals surface area contributed by atoms with Gasteiger partial charge in [-0.1, -0.05) is 6.07 Å². The molecule has 0 radical (unpaired) electrons. The van der Waals surface area contributed by atoms with Gasteiger partial charge in [0, 0.05) is 52.7 Å². The number of carbonyl (C=O) groups excluding carboxylic acids is 3. The van der Waals surface area contributed by atoms with Crippen molar-refractivity contribution in [3.8, 4) is 0 Å². The first-order valence-electron chi connectivity index (χ1n) is 12.0. The molecule has 2 heterocycles. The van der Waals surface area contributed by atoms with Crippen LogP contribution in [0.4, 0.5) is 5.69 Å². The smallest absolute Gasteiger partial charge is 0.272 e. The predicted molar refractivity (Wildman–Crippen MR) is 148 cm³/mol. The molecule has 0 aliphatic carbocycles. The molecule has 0 fully saturated rings. The first kappa shape index (κ1) is 26.2. The second-order valence-corrected chi connectivity index (χ2v) is 9.05. The minimum absolute atomic E-state index is 0.0325. The number of anilines is 1. The summed E-state index contributed by atoms with van der Waals surface area (Å²) in [6.07, 6.45) is 0. The molecule has 0 spiro atoms. The highest BCUT2D eigenvalue weighted by atomic mass is 16.2. The Balaban J connectivity index is 1.41. The quantitative estimate of drug-likeness (QED) is 0.0940. The van der Waals surface area contributed by atoms with Crippen molar-refractivity contribution in [2.45, 2.75) is 0 Å². The van der Waals surface area contributed by atoms with Gasteiger partial charge in [-0.15, -0.1) is 0 Å². The molecule has 0 atom stereocenters. The van der Waals surface area contributed by atoms with Crippen LogP contribution in [0, 0.1) is 0 Å². The van der Waals surface area contributed by atoms with Crippen LogP contribution in [0.2, 0.25) is 0 Å². The van der Waals surface area contributed by atoms with Crippen LogP contribution in [0.25, 0.3) is 21.8 Å². The van der Waals surface area contributed by atoms with Crippen LogP contribution < -0.4 is 27.4 Å². The van der Waals surface area contributed by atoms with Gasteiger partial charge in [0.05, 0.1) is 6.54 Å². The van der Waals surface area contributed by atoms with Crippen molar-refractivity contribution in [3.63, 3.8) is 0 Å². The zero-order valence-corrected chi connectivity index (χ0v) is 21.2. The monoisotopic (exact) mass is 517 g/mol. The number of likely N-dealkylation sites (N-methyl/N-ethyl adjacent to an activating group) is 1. The van der Waals surface area contributed by atoms with Gasteiger partial charge in [0.1, 0.15) is 11.4 Å². The number of nitrogens with zero attached hydrogens (tertiary/aromatic N) is 2. The molecule has 0 aliphatic rings. The van der Waals surface area contributed by atoms with E-state index in [-0.39, 0.29) is 30.2 Å². The second kappa shape index (κ2) is 11.5. The third-order valence-corrected chi connectivity index (χ3v) is 5.79. The van der Waals surface area contributed by atoms with E-state index in [9.17, 15) is 14.4 Å². The lowest BCUT2D eigenvalue weighted by atomic mass is 10.1. The number of aromatic nitrogens is 2. The van der Waals surface area contributed by atoms with Crippen molar-refractivity contribution in [2.75, 3.05) is 45.6 Å². The standard InChI is InChI=1S/C26H31N9O3/c1-35(2)10-9-30-24(37)21-12-15-3-5-18(14-20(15)34-21)32-25(38)22-13-17-11-16(4-6-19(17)33-22)23(36)29-7-8-31-26(27)28/h3-6,11-14,33-34H,7-10H2,1-2H3,(H,29,36)(H,30,37)(H,32,38)(H4,27,28,31). The van der Waals surface area contributed by atoms with Crippen molar-refractivity contribution in [1.29, 1.82) is 0 Å². The topological polar surface area (TPSA) is 187 Å². The molecule has 0 unspecified atom stereocenters. The summed E-state index contributed by atoms with van der Waals surface area (Å²) in [5, 5.41) is 10.1. The highest BCUT2D eigenvalue weighted by molar-refractivity contribution is 6.08. The number of guanidine groups is 1. The number of nitrogens with two attached hydrogens (primary N) is 2. The van der Waals surface area contributed by atoms with E-state index in [1.165, 1.54) is 0 Å². The molecule has 0 bridgehead atoms. The molecule has 38 heavy (non-hydrogen) atoms. The van der Waals surface area contributed by atoms with Crippen molar-refractivity contribution in [3.05, 3.63) is 65.5 Å². The number of hydrogen-bond acceptors (Lipinski definition) is 5. The first-order valence-corrected chi connectivity index (χ1v) is 12.0. The molecular formula is C26H31N9O3. The Morgan fingerprint density at radius 1 is 0.816 bits per heavy atom. The molecule has 0 aliphatic heterocycles. The summed E-state index contributed by atoms with van der Waals surface area (Å²) in [6.45, 7) is 1.86. The van der Waals surface area contributed by atoms with Gasteiger partial charge in [-0.25, -0.2) is 0 Å². The highest BCUT2D eigenvalue weighted by Gasteiger charge is 2.14. The fraction of sp³-hybridized carbons (Fsp3) is 0.231. The first-order chi connectivity index (χ1) is 18.2. The molecule has 198 valence electrons. The number of aromatic amines is 2. The molecular weight excluding hydrogens is 486 g/mol. The maximum Gasteiger partial charge on any atom is 0.272 e. The van der Waals surface area contributed by atoms with Crippen molar-refractivity contribution in [1.82, 2.24) is 25.5 Å². The van der Waals surface area contributed by atoms with Crippen LogP contribution in [0.1, 0.15) is 31.3 Å². The molecule has 2 aromatic carbocycles. The summed E-state index contributed by atoms with van der Waals surface area (Å²) in [7, 11) is 3.88. The minimum atomic E-state index is -0.336. The number of H-pyrrole nitrogens is 2. The molecule has 4 aromatic rings. The van der Waals surface area contributed by atoms with Crippen LogP contribution in [-0.4, -0.2) is 78.8 Å². The largest absolute Gasteiger partial charge is 0.370 e. The van der Waals surface area contributed by atoms with Gasteiger partial charge in [0.25, 0.3) is 17.7 Å². The van der Waals surface area contributed by atoms with Crippen LogP contribution in [-0.2, 0) is 0 Å². The van der Waals surface area contributed by atoms with Crippen LogP contribution in [0.3, 0.4) is 0 Å². The van der Waals surface area contributed by atoms with E-state index in [0.717, 1.165) is 28.4 Å². The van der Waals surface area contributed by atoms with Crippen LogP contribution >= 0.6 is 0 Å². The number of rotatable bonds is 10. The zero-order valence-electron chi connectivity index (χ0n) is 21.2. The second-order valence-electron chi connectivity index (χ2n) is 9.05. The van der Waals surface area contributed by atoms with Gasteiger partial charge >= 0.3 is 0 Å². The van der Waals surface area contributed by atoms with E-state index in [4.69, 9.17) is 11.5 Å². The average Bonchev–Trinajstić information content (AvgIpc) is 3.49. The molecule has 12 nitrogen and oxygen atoms in total. The Kier molecular flexibility index (Phi) is 7.92. The third kappa shape index (κ3) is 6.48. The maximum absolute atomic E-state index is 12.9. The van der Waals surface area contributed by atoms with E-state index in [2.05, 4.69) is 30.9 Å². The summed E-state index contributed by atoms with van der Waals surface area (Å²) < 4.78 is 0. The van der Waals surface area contributed by atoms with Gasteiger partial charge in [-0.2, -0.15) is 0 Å². The number of amides is 3. The van der Waals surface area contributed by atoms with E-state index in [0.29, 0.717) is 35.7 Å². The van der Waals surface area contributed by atoms with E-state index >= 15 is 0 Å². The van der Waals surface area contributed by atoms with Crippen molar-refractivity contribution < 1.29 is 14.4 Å². The van der Waals surface area contributed by atoms with Gasteiger partial charge in [0.15, 0.2) is 5.96 Å². The van der Waals surface area contributed by atoms with Crippen LogP contribution in [0.5, 0.6) is 0 Å². The summed E-state index contributed by atoms with van der Waals surface area (Å²) in [5.41, 5.74) is 13.8. The number of carbonyl (C=O) groups is 3. The number of aliphatic imine (C=N–C) groups is 1. The predicted octanol–water partition coefficient (Wildman–Crippen LogP) is 1.20. The number of fused-ring (bicyclic) bond motifs is 2. The lowest BCUT2D eigenvalue weighted by Crippen LogP contribution is -2.31. The Hall–Kier alpha value is -4.84. The number of hydrogen-bond donors (Lipinski definition) is 7. The van der Waals surface area contributed by atoms with Gasteiger partial charge in [0.2, 0.25) is 0 Å². The van der Waals surface area contributed by atoms with E-state index in [1.807, 2.05) is 25.1 Å². The highest BCUT2D eigenvalue weighted by Crippen LogP contribution is 2.22. The SMILES string of the molecule is CN(C)CCNC(=O)c1cc2ccc(NC(=O)c3cc4cc(C(=O)NCCN=C(N)N)ccc4[nH]3)cc2[nH]1. The lowest BCUT2D eigenvalue weighted by molar-refractivity contribution is 0.0941. The maximum atomic E-state index is 12.9. The summed E-state index contributed by atoms with van der Waals surface area (Å²) >= 11 is 0. The van der Waals surface area contributed by atoms with Crippen LogP contribution in [0.15, 0.2) is 53.5 Å². The third-order valence-electron chi connectivity index (χ3n) is 5.79. The van der Waals surface area contributed by atoms with Gasteiger partial charge in [-0.3, -0.25) is 19.4 Å². The summed E-state index contributed by atoms with van der Waals surface area (Å²) in [6, 6.07) is 14.0. The Bertz CT molecular complexity index is 1510. The van der Waals surface area contributed by atoms with E-state index < -0.39 is 0 Å². The molecule has 9 N–H and O–H groups in total. The summed E-state index contributed by atoms with van der Waals surface area (Å²) in [4.78, 5) is 49.7. The van der Waals surface area contributed by atoms with Crippen molar-refractivity contribution in [2.24, 2.45) is 16.5 Å². The van der Waals surface area contributed by atoms with Crippen molar-refractivity contribution >= 4 is 51.2 Å². The minimum Gasteiger partial charge on any atom is -0.370 e. The summed E-state index contributed by atoms with van der Waals surface area (Å²) in [5.74, 6) is -0.824. The molecule has 12 heteroatoms. The normalized spacial score (nSPS) is 11.0. The fourth-order valence-corrected chi connectivity index (χ4v) is 3.87. The zero-order chi connectivity index (χ0) is 27.2. The molecule has 0 saturated heterocycles. The Labute approximate surface area is 218 Å². The van der Waals surface area contributed by atoms with Gasteiger partial charge < -0.3 is 42.3 Å². The van der Waals surface area contributed by atoms with Gasteiger partial charge in [-0.05, 0) is 56.6 Å². The number of nitrogens with one attached hydrogen (secondary N) is 5. The van der Waals surface area contributed by atoms with E-state index in [1.54, 1.807) is 42.5 Å². The fourth-order valence-electron chi connectivity index (χ4n) is 3.87. The average molecular weight is 518 g/mol. The Morgan fingerprint density at radius 3 is 2.29 bits per heavy atom. The molecule has 2 aromatic heterocycles.